The molecule has 8 N–H and O–H groups in total. The van der Waals surface area contributed by atoms with E-state index in [0.717, 1.165) is 5.56 Å². The summed E-state index contributed by atoms with van der Waals surface area (Å²) >= 11 is 0. The van der Waals surface area contributed by atoms with E-state index in [1.165, 1.54) is 11.8 Å². The Labute approximate surface area is 239 Å². The van der Waals surface area contributed by atoms with Gasteiger partial charge in [0.25, 0.3) is 0 Å². The zero-order valence-electron chi connectivity index (χ0n) is 23.8. The molecule has 0 aliphatic carbocycles. The quantitative estimate of drug-likeness (QED) is 0.159. The Bertz CT molecular complexity index is 1090. The Hall–Kier alpha value is -4.00. The van der Waals surface area contributed by atoms with E-state index in [4.69, 9.17) is 11.5 Å². The lowest BCUT2D eigenvalue weighted by molar-refractivity contribution is -0.149. The highest BCUT2D eigenvalue weighted by atomic mass is 16.4. The van der Waals surface area contributed by atoms with Crippen molar-refractivity contribution < 1.29 is 33.9 Å². The van der Waals surface area contributed by atoms with Crippen LogP contribution in [0.2, 0.25) is 0 Å². The van der Waals surface area contributed by atoms with E-state index in [-0.39, 0.29) is 44.6 Å². The van der Waals surface area contributed by atoms with Gasteiger partial charge >= 0.3 is 5.97 Å². The van der Waals surface area contributed by atoms with Crippen LogP contribution >= 0.6 is 0 Å². The van der Waals surface area contributed by atoms with Crippen molar-refractivity contribution in [1.82, 2.24) is 20.9 Å². The summed E-state index contributed by atoms with van der Waals surface area (Å²) in [6, 6.07) is 3.63. The van der Waals surface area contributed by atoms with E-state index in [0.29, 0.717) is 6.42 Å². The highest BCUT2D eigenvalue weighted by molar-refractivity contribution is 5.95. The second-order valence-electron chi connectivity index (χ2n) is 10.8. The highest BCUT2D eigenvalue weighted by Crippen LogP contribution is 2.20. The summed E-state index contributed by atoms with van der Waals surface area (Å²) in [5.74, 6) is -4.30. The Morgan fingerprint density at radius 1 is 0.927 bits per heavy atom. The summed E-state index contributed by atoms with van der Waals surface area (Å²) in [4.78, 5) is 77.0. The number of nitrogens with one attached hydrogen (secondary N) is 3. The van der Waals surface area contributed by atoms with Crippen LogP contribution in [0.25, 0.3) is 0 Å². The van der Waals surface area contributed by atoms with Gasteiger partial charge in [-0.15, -0.1) is 0 Å². The normalized spacial score (nSPS) is 17.7. The monoisotopic (exact) mass is 574 g/mol. The number of hydrogen-bond acceptors (Lipinski definition) is 7. The minimum atomic E-state index is -1.24. The Morgan fingerprint density at radius 2 is 1.51 bits per heavy atom. The molecule has 0 radical (unpaired) electrons. The molecule has 1 heterocycles. The van der Waals surface area contributed by atoms with Crippen molar-refractivity contribution >= 4 is 35.5 Å². The number of rotatable bonds is 15. The lowest BCUT2D eigenvalue weighted by atomic mass is 10.00. The molecule has 13 heteroatoms. The number of nitrogens with two attached hydrogens (primary N) is 2. The van der Waals surface area contributed by atoms with Gasteiger partial charge in [-0.25, -0.2) is 4.79 Å². The predicted octanol–water partition coefficient (Wildman–Crippen LogP) is -0.582. The second-order valence-corrected chi connectivity index (χ2v) is 10.8. The van der Waals surface area contributed by atoms with Gasteiger partial charge in [0.05, 0.1) is 6.04 Å². The molecule has 1 aliphatic heterocycles. The highest BCUT2D eigenvalue weighted by Gasteiger charge is 2.38. The molecule has 1 aliphatic rings. The summed E-state index contributed by atoms with van der Waals surface area (Å²) < 4.78 is 0. The molecule has 226 valence electrons. The fourth-order valence-electron chi connectivity index (χ4n) is 4.64. The Balaban J connectivity index is 2.32. The van der Waals surface area contributed by atoms with Crippen molar-refractivity contribution in [3.63, 3.8) is 0 Å². The molecule has 0 spiro atoms. The number of aliphatic carboxylic acids is 1. The number of carboxylic acids is 1. The molecule has 5 atom stereocenters. The van der Waals surface area contributed by atoms with Gasteiger partial charge in [-0.05, 0) is 44.1 Å². The zero-order chi connectivity index (χ0) is 30.7. The van der Waals surface area contributed by atoms with Gasteiger partial charge in [-0.1, -0.05) is 44.2 Å². The van der Waals surface area contributed by atoms with Gasteiger partial charge < -0.3 is 37.4 Å². The van der Waals surface area contributed by atoms with Gasteiger partial charge in [0.15, 0.2) is 0 Å². The fourth-order valence-corrected chi connectivity index (χ4v) is 4.64. The SMILES string of the molecule is CC(C)C[C@H](NC(=O)[C@H](C)N)C(=O)N[C@@H](Cc1ccccc1)C(=O)N[C@@H](CCC(N)=O)C(=O)N1CCC[C@H]1C(=O)O. The summed E-state index contributed by atoms with van der Waals surface area (Å²) in [5.41, 5.74) is 11.7. The summed E-state index contributed by atoms with van der Waals surface area (Å²) in [6.45, 7) is 5.44. The molecule has 0 saturated carbocycles. The Morgan fingerprint density at radius 3 is 2.07 bits per heavy atom. The molecule has 2 rings (SSSR count). The van der Waals surface area contributed by atoms with Crippen molar-refractivity contribution in [1.29, 1.82) is 0 Å². The molecule has 1 aromatic carbocycles. The molecule has 41 heavy (non-hydrogen) atoms. The molecular weight excluding hydrogens is 532 g/mol. The van der Waals surface area contributed by atoms with E-state index < -0.39 is 65.7 Å². The first kappa shape index (κ1) is 33.2. The van der Waals surface area contributed by atoms with E-state index in [1.807, 2.05) is 13.8 Å². The van der Waals surface area contributed by atoms with Crippen LogP contribution in [0, 0.1) is 5.92 Å². The largest absolute Gasteiger partial charge is 0.480 e. The van der Waals surface area contributed by atoms with Crippen molar-refractivity contribution in [2.75, 3.05) is 6.54 Å². The topological polar surface area (TPSA) is 214 Å². The number of carbonyl (C=O) groups excluding carboxylic acids is 5. The average Bonchev–Trinajstić information content (AvgIpc) is 3.40. The molecule has 1 saturated heterocycles. The van der Waals surface area contributed by atoms with Crippen LogP contribution in [0.5, 0.6) is 0 Å². The number of benzene rings is 1. The number of primary amides is 1. The van der Waals surface area contributed by atoms with Crippen LogP contribution < -0.4 is 27.4 Å². The predicted molar refractivity (Wildman–Crippen MR) is 150 cm³/mol. The molecule has 0 bridgehead atoms. The van der Waals surface area contributed by atoms with Crippen LogP contribution in [0.1, 0.15) is 58.4 Å². The van der Waals surface area contributed by atoms with Gasteiger partial charge in [-0.3, -0.25) is 24.0 Å². The first-order valence-electron chi connectivity index (χ1n) is 13.8. The van der Waals surface area contributed by atoms with Crippen LogP contribution in [-0.2, 0) is 35.2 Å². The third-order valence-electron chi connectivity index (χ3n) is 6.78. The molecule has 1 fully saturated rings. The maximum Gasteiger partial charge on any atom is 0.326 e. The fraction of sp³-hybridized carbons (Fsp3) is 0.571. The standard InChI is InChI=1S/C28H42N6O7/c1-16(2)14-20(32-24(36)17(3)29)25(37)33-21(15-18-8-5-4-6-9-18)26(38)31-19(11-12-23(30)35)27(39)34-13-7-10-22(34)28(40)41/h4-6,8-9,16-17,19-22H,7,10-15,29H2,1-3H3,(H2,30,35)(H,31,38)(H,32,36)(H,33,37)(H,40,41)/t17-,19-,20-,21-,22-/m0/s1. The minimum absolute atomic E-state index is 0.0268. The van der Waals surface area contributed by atoms with E-state index in [9.17, 15) is 33.9 Å². The first-order valence-corrected chi connectivity index (χ1v) is 13.8. The third kappa shape index (κ3) is 10.5. The number of amides is 5. The number of hydrogen-bond donors (Lipinski definition) is 6. The summed E-state index contributed by atoms with van der Waals surface area (Å²) in [7, 11) is 0. The van der Waals surface area contributed by atoms with Crippen LogP contribution in [0.3, 0.4) is 0 Å². The van der Waals surface area contributed by atoms with Crippen molar-refractivity contribution in [3.05, 3.63) is 35.9 Å². The average molecular weight is 575 g/mol. The smallest absolute Gasteiger partial charge is 0.326 e. The van der Waals surface area contributed by atoms with E-state index in [2.05, 4.69) is 16.0 Å². The summed E-state index contributed by atoms with van der Waals surface area (Å²) in [5, 5.41) is 17.5. The zero-order valence-corrected chi connectivity index (χ0v) is 23.8. The lowest BCUT2D eigenvalue weighted by Crippen LogP contribution is -2.59. The van der Waals surface area contributed by atoms with Crippen molar-refractivity contribution in [2.24, 2.45) is 17.4 Å². The molecular formula is C28H42N6O7. The molecule has 1 aromatic rings. The van der Waals surface area contributed by atoms with Crippen LogP contribution in [-0.4, -0.2) is 82.3 Å². The first-order chi connectivity index (χ1) is 19.3. The minimum Gasteiger partial charge on any atom is -0.480 e. The number of carboxylic acid groups (broad SMARTS) is 1. The molecule has 13 nitrogen and oxygen atoms in total. The third-order valence-corrected chi connectivity index (χ3v) is 6.78. The van der Waals surface area contributed by atoms with Crippen molar-refractivity contribution in [2.45, 2.75) is 89.5 Å². The second kappa shape index (κ2) is 15.7. The van der Waals surface area contributed by atoms with E-state index >= 15 is 0 Å². The maximum absolute atomic E-state index is 13.6. The molecule has 0 aromatic heterocycles. The van der Waals surface area contributed by atoms with E-state index in [1.54, 1.807) is 30.3 Å². The van der Waals surface area contributed by atoms with Crippen molar-refractivity contribution in [3.8, 4) is 0 Å². The van der Waals surface area contributed by atoms with Gasteiger partial charge in [-0.2, -0.15) is 0 Å². The lowest BCUT2D eigenvalue weighted by Gasteiger charge is -2.29. The molecule has 0 unspecified atom stereocenters. The Kier molecular flexibility index (Phi) is 12.7. The molecule has 5 amide bonds. The van der Waals surface area contributed by atoms with Crippen LogP contribution in [0.15, 0.2) is 30.3 Å². The maximum atomic E-state index is 13.6. The van der Waals surface area contributed by atoms with Gasteiger partial charge in [0.1, 0.15) is 24.2 Å². The summed E-state index contributed by atoms with van der Waals surface area (Å²) in [6.07, 6.45) is 0.735. The number of nitrogens with zero attached hydrogens (tertiary/aromatic N) is 1. The number of likely N-dealkylation sites (tertiary alicyclic amines) is 1. The van der Waals surface area contributed by atoms with Crippen LogP contribution in [0.4, 0.5) is 0 Å². The van der Waals surface area contributed by atoms with Gasteiger partial charge in [0.2, 0.25) is 29.5 Å². The number of carbonyl (C=O) groups is 6. The van der Waals surface area contributed by atoms with Gasteiger partial charge in [0, 0.05) is 19.4 Å².